The number of anilines is 1. The number of aliphatic hydroxyl groups excluding tert-OH is 1. The molecule has 0 unspecified atom stereocenters. The summed E-state index contributed by atoms with van der Waals surface area (Å²) in [4.78, 5) is 12.2. The van der Waals surface area contributed by atoms with Gasteiger partial charge in [0.05, 0.1) is 6.10 Å². The van der Waals surface area contributed by atoms with Crippen LogP contribution in [0.25, 0.3) is 0 Å². The second kappa shape index (κ2) is 5.36. The molecule has 1 aliphatic carbocycles. The van der Waals surface area contributed by atoms with E-state index in [0.29, 0.717) is 5.69 Å². The maximum absolute atomic E-state index is 12.2. The van der Waals surface area contributed by atoms with Crippen molar-refractivity contribution in [2.45, 2.75) is 44.8 Å². The van der Waals surface area contributed by atoms with Crippen LogP contribution in [0.1, 0.15) is 38.6 Å². The molecule has 1 heterocycles. The van der Waals surface area contributed by atoms with E-state index in [9.17, 15) is 9.90 Å². The Labute approximate surface area is 101 Å². The topological polar surface area (TPSA) is 54.3 Å². The van der Waals surface area contributed by atoms with Gasteiger partial charge in [-0.15, -0.1) is 0 Å². The molecule has 0 bridgehead atoms. The molecule has 0 spiro atoms. The molecule has 0 saturated heterocycles. The molecule has 2 N–H and O–H groups in total. The van der Waals surface area contributed by atoms with E-state index in [1.54, 1.807) is 0 Å². The highest BCUT2D eigenvalue weighted by molar-refractivity contribution is 5.40. The Bertz CT molecular complexity index is 420. The van der Waals surface area contributed by atoms with Crippen LogP contribution in [0.3, 0.4) is 0 Å². The van der Waals surface area contributed by atoms with Crippen molar-refractivity contribution in [2.24, 2.45) is 0 Å². The number of hydrogen-bond acceptors (Lipinski definition) is 3. The Hall–Kier alpha value is -1.29. The van der Waals surface area contributed by atoms with Gasteiger partial charge in [-0.1, -0.05) is 0 Å². The molecule has 0 aromatic carbocycles. The maximum atomic E-state index is 12.2. The minimum atomic E-state index is -0.182. The van der Waals surface area contributed by atoms with E-state index < -0.39 is 0 Å². The van der Waals surface area contributed by atoms with E-state index in [2.05, 4.69) is 5.32 Å². The first-order chi connectivity index (χ1) is 8.22. The van der Waals surface area contributed by atoms with Crippen LogP contribution >= 0.6 is 0 Å². The first-order valence-electron chi connectivity index (χ1n) is 6.35. The highest BCUT2D eigenvalue weighted by atomic mass is 16.3. The van der Waals surface area contributed by atoms with Crippen molar-refractivity contribution in [3.63, 3.8) is 0 Å². The Morgan fingerprint density at radius 3 is 2.76 bits per heavy atom. The highest BCUT2D eigenvalue weighted by Crippen LogP contribution is 2.27. The predicted molar refractivity (Wildman–Crippen MR) is 68.4 cm³/mol. The first-order valence-corrected chi connectivity index (χ1v) is 6.35. The standard InChI is InChI=1S/C13H20N2O2/c1-2-14-12-4-3-9-15(13(12)17)10-5-7-11(16)8-6-10/h3-4,9-11,14,16H,2,5-8H2,1H3. The van der Waals surface area contributed by atoms with E-state index in [0.717, 1.165) is 32.2 Å². The van der Waals surface area contributed by atoms with Gasteiger partial charge in [0.15, 0.2) is 0 Å². The lowest BCUT2D eigenvalue weighted by molar-refractivity contribution is 0.110. The van der Waals surface area contributed by atoms with E-state index in [1.807, 2.05) is 29.8 Å². The maximum Gasteiger partial charge on any atom is 0.274 e. The first kappa shape index (κ1) is 12.2. The minimum absolute atomic E-state index is 0.0516. The average molecular weight is 236 g/mol. The Balaban J connectivity index is 2.21. The quantitative estimate of drug-likeness (QED) is 0.840. The molecule has 1 saturated carbocycles. The van der Waals surface area contributed by atoms with E-state index in [4.69, 9.17) is 0 Å². The normalized spacial score (nSPS) is 24.6. The molecule has 94 valence electrons. The summed E-state index contributed by atoms with van der Waals surface area (Å²) in [5, 5.41) is 12.6. The summed E-state index contributed by atoms with van der Waals surface area (Å²) >= 11 is 0. The largest absolute Gasteiger partial charge is 0.393 e. The monoisotopic (exact) mass is 236 g/mol. The summed E-state index contributed by atoms with van der Waals surface area (Å²) in [5.41, 5.74) is 0.719. The fraction of sp³-hybridized carbons (Fsp3) is 0.615. The fourth-order valence-electron chi connectivity index (χ4n) is 2.46. The number of nitrogens with zero attached hydrogens (tertiary/aromatic N) is 1. The van der Waals surface area contributed by atoms with Crippen LogP contribution in [-0.2, 0) is 0 Å². The van der Waals surface area contributed by atoms with Gasteiger partial charge in [-0.3, -0.25) is 4.79 Å². The average Bonchev–Trinajstić information content (AvgIpc) is 2.34. The second-order valence-electron chi connectivity index (χ2n) is 4.63. The van der Waals surface area contributed by atoms with Gasteiger partial charge in [0.2, 0.25) is 0 Å². The number of pyridine rings is 1. The molecule has 0 amide bonds. The number of rotatable bonds is 3. The number of aliphatic hydroxyl groups is 1. The number of nitrogens with one attached hydrogen (secondary N) is 1. The van der Waals surface area contributed by atoms with Gasteiger partial charge in [-0.25, -0.2) is 0 Å². The lowest BCUT2D eigenvalue weighted by Crippen LogP contribution is -2.30. The molecule has 0 atom stereocenters. The molecule has 0 aliphatic heterocycles. The third-order valence-electron chi connectivity index (χ3n) is 3.40. The van der Waals surface area contributed by atoms with Crippen LogP contribution < -0.4 is 10.9 Å². The van der Waals surface area contributed by atoms with Crippen molar-refractivity contribution < 1.29 is 5.11 Å². The van der Waals surface area contributed by atoms with E-state index >= 15 is 0 Å². The summed E-state index contributed by atoms with van der Waals surface area (Å²) in [5.74, 6) is 0. The molecule has 1 aliphatic rings. The minimum Gasteiger partial charge on any atom is -0.393 e. The zero-order valence-corrected chi connectivity index (χ0v) is 10.2. The molecular weight excluding hydrogens is 216 g/mol. The Kier molecular flexibility index (Phi) is 3.84. The van der Waals surface area contributed by atoms with E-state index in [-0.39, 0.29) is 17.7 Å². The van der Waals surface area contributed by atoms with Crippen LogP contribution in [-0.4, -0.2) is 22.3 Å². The van der Waals surface area contributed by atoms with Crippen molar-refractivity contribution in [2.75, 3.05) is 11.9 Å². The lowest BCUT2D eigenvalue weighted by Gasteiger charge is -2.27. The van der Waals surface area contributed by atoms with Crippen molar-refractivity contribution in [1.29, 1.82) is 0 Å². The third-order valence-corrected chi connectivity index (χ3v) is 3.40. The fourth-order valence-corrected chi connectivity index (χ4v) is 2.46. The predicted octanol–water partition coefficient (Wildman–Crippen LogP) is 1.76. The van der Waals surface area contributed by atoms with Crippen molar-refractivity contribution in [1.82, 2.24) is 4.57 Å². The van der Waals surface area contributed by atoms with Crippen LogP contribution in [0.2, 0.25) is 0 Å². The van der Waals surface area contributed by atoms with Crippen molar-refractivity contribution >= 4 is 5.69 Å². The highest BCUT2D eigenvalue weighted by Gasteiger charge is 2.21. The van der Waals surface area contributed by atoms with Crippen molar-refractivity contribution in [3.8, 4) is 0 Å². The zero-order valence-electron chi connectivity index (χ0n) is 10.2. The second-order valence-corrected chi connectivity index (χ2v) is 4.63. The molecule has 1 aromatic rings. The molecule has 0 radical (unpaired) electrons. The third kappa shape index (κ3) is 2.69. The Morgan fingerprint density at radius 2 is 2.12 bits per heavy atom. The summed E-state index contributed by atoms with van der Waals surface area (Å²) in [6.07, 6.45) is 5.03. The van der Waals surface area contributed by atoms with Crippen LogP contribution in [0.5, 0.6) is 0 Å². The summed E-state index contributed by atoms with van der Waals surface area (Å²) in [6, 6.07) is 3.97. The lowest BCUT2D eigenvalue weighted by atomic mass is 9.93. The zero-order chi connectivity index (χ0) is 12.3. The summed E-state index contributed by atoms with van der Waals surface area (Å²) in [6.45, 7) is 2.73. The number of hydrogen-bond donors (Lipinski definition) is 2. The van der Waals surface area contributed by atoms with Crippen LogP contribution in [0, 0.1) is 0 Å². The molecule has 4 heteroatoms. The van der Waals surface area contributed by atoms with Gasteiger partial charge in [0.25, 0.3) is 5.56 Å². The van der Waals surface area contributed by atoms with Crippen LogP contribution in [0.15, 0.2) is 23.1 Å². The molecule has 17 heavy (non-hydrogen) atoms. The van der Waals surface area contributed by atoms with Gasteiger partial charge in [-0.05, 0) is 44.7 Å². The molecule has 4 nitrogen and oxygen atoms in total. The van der Waals surface area contributed by atoms with Gasteiger partial charge >= 0.3 is 0 Å². The van der Waals surface area contributed by atoms with E-state index in [1.165, 1.54) is 0 Å². The van der Waals surface area contributed by atoms with Crippen LogP contribution in [0.4, 0.5) is 5.69 Å². The Morgan fingerprint density at radius 1 is 1.41 bits per heavy atom. The molecule has 2 rings (SSSR count). The van der Waals surface area contributed by atoms with Gasteiger partial charge < -0.3 is 15.0 Å². The molecule has 1 aromatic heterocycles. The summed E-state index contributed by atoms with van der Waals surface area (Å²) < 4.78 is 1.81. The SMILES string of the molecule is CCNc1cccn(C2CCC(O)CC2)c1=O. The van der Waals surface area contributed by atoms with Gasteiger partial charge in [0, 0.05) is 18.8 Å². The smallest absolute Gasteiger partial charge is 0.274 e. The molecular formula is C13H20N2O2. The van der Waals surface area contributed by atoms with Crippen molar-refractivity contribution in [3.05, 3.63) is 28.7 Å². The summed E-state index contributed by atoms with van der Waals surface area (Å²) in [7, 11) is 0. The van der Waals surface area contributed by atoms with Gasteiger partial charge in [0.1, 0.15) is 5.69 Å². The van der Waals surface area contributed by atoms with Gasteiger partial charge in [-0.2, -0.15) is 0 Å². The number of aromatic nitrogens is 1. The molecule has 1 fully saturated rings.